The Hall–Kier alpha value is -2.82. The smallest absolute Gasteiger partial charge is 0.407 e. The van der Waals surface area contributed by atoms with E-state index in [1.54, 1.807) is 0 Å². The number of carbonyl (C=O) groups excluding carboxylic acids is 1. The number of ether oxygens (including phenoxy) is 1. The van der Waals surface area contributed by atoms with Crippen molar-refractivity contribution in [3.05, 3.63) is 59.7 Å². The van der Waals surface area contributed by atoms with Crippen LogP contribution in [0.1, 0.15) is 30.9 Å². The highest BCUT2D eigenvalue weighted by Crippen LogP contribution is 2.52. The molecule has 2 aliphatic rings. The molecule has 2 N–H and O–H groups in total. The highest BCUT2D eigenvalue weighted by atomic mass is 16.5. The van der Waals surface area contributed by atoms with Crippen molar-refractivity contribution in [2.24, 2.45) is 11.3 Å². The Labute approximate surface area is 152 Å². The lowest BCUT2D eigenvalue weighted by molar-refractivity contribution is -0.139. The molecule has 0 radical (unpaired) electrons. The predicted octanol–water partition coefficient (Wildman–Crippen LogP) is 3.63. The van der Waals surface area contributed by atoms with E-state index in [0.29, 0.717) is 0 Å². The summed E-state index contributed by atoms with van der Waals surface area (Å²) in [7, 11) is 0. The molecule has 1 fully saturated rings. The van der Waals surface area contributed by atoms with Gasteiger partial charge in [0, 0.05) is 11.3 Å². The molecule has 1 saturated carbocycles. The third-order valence-electron chi connectivity index (χ3n) is 5.71. The second-order valence-electron chi connectivity index (χ2n) is 7.58. The average molecular weight is 351 g/mol. The number of carbonyl (C=O) groups is 2. The third-order valence-corrected chi connectivity index (χ3v) is 5.71. The average Bonchev–Trinajstić information content (AvgIpc) is 3.01. The van der Waals surface area contributed by atoms with E-state index in [0.717, 1.165) is 11.1 Å². The molecule has 2 aromatic carbocycles. The van der Waals surface area contributed by atoms with Gasteiger partial charge in [0.1, 0.15) is 6.61 Å². The third kappa shape index (κ3) is 2.55. The normalized spacial score (nSPS) is 22.2. The maximum absolute atomic E-state index is 12.2. The number of alkyl carbamates (subject to hydrolysis) is 1. The molecule has 0 spiro atoms. The molecule has 0 unspecified atom stereocenters. The quantitative estimate of drug-likeness (QED) is 0.882. The van der Waals surface area contributed by atoms with Crippen LogP contribution in [0.15, 0.2) is 48.5 Å². The summed E-state index contributed by atoms with van der Waals surface area (Å²) in [6.45, 7) is 3.89. The summed E-state index contributed by atoms with van der Waals surface area (Å²) in [6, 6.07) is 15.9. The first-order valence-corrected chi connectivity index (χ1v) is 8.75. The van der Waals surface area contributed by atoms with Crippen molar-refractivity contribution in [2.75, 3.05) is 6.61 Å². The monoisotopic (exact) mass is 351 g/mol. The molecule has 0 bridgehead atoms. The lowest BCUT2D eigenvalue weighted by atomic mass is 9.98. The fourth-order valence-electron chi connectivity index (χ4n) is 4.14. The molecule has 5 heteroatoms. The highest BCUT2D eigenvalue weighted by Gasteiger charge is 2.63. The molecule has 0 aliphatic heterocycles. The van der Waals surface area contributed by atoms with Gasteiger partial charge in [-0.15, -0.1) is 0 Å². The number of carboxylic acid groups (broad SMARTS) is 1. The standard InChI is InChI=1S/C21H21NO4/c1-21(2)17(19(23)24)18(21)22-20(25)26-11-16-14-9-5-3-7-12(14)13-8-4-6-10-15(13)16/h3-10,16-18H,11H2,1-2H3,(H,22,25)(H,23,24)/t17-,18-/m0/s1. The lowest BCUT2D eigenvalue weighted by Crippen LogP contribution is -2.31. The van der Waals surface area contributed by atoms with E-state index in [2.05, 4.69) is 29.6 Å². The van der Waals surface area contributed by atoms with Gasteiger partial charge >= 0.3 is 12.1 Å². The van der Waals surface area contributed by atoms with Crippen LogP contribution in [0.5, 0.6) is 0 Å². The van der Waals surface area contributed by atoms with Crippen molar-refractivity contribution in [1.29, 1.82) is 0 Å². The van der Waals surface area contributed by atoms with Gasteiger partial charge in [0.15, 0.2) is 0 Å². The highest BCUT2D eigenvalue weighted by molar-refractivity contribution is 5.80. The maximum Gasteiger partial charge on any atom is 0.407 e. The first kappa shape index (κ1) is 16.6. The minimum Gasteiger partial charge on any atom is -0.481 e. The van der Waals surface area contributed by atoms with E-state index in [4.69, 9.17) is 4.74 Å². The lowest BCUT2D eigenvalue weighted by Gasteiger charge is -2.15. The molecule has 134 valence electrons. The minimum atomic E-state index is -0.890. The summed E-state index contributed by atoms with van der Waals surface area (Å²) in [5, 5.41) is 11.9. The van der Waals surface area contributed by atoms with Crippen molar-refractivity contribution in [1.82, 2.24) is 5.32 Å². The van der Waals surface area contributed by atoms with Gasteiger partial charge in [0.2, 0.25) is 0 Å². The Bertz CT molecular complexity index is 844. The molecule has 2 aromatic rings. The first-order valence-electron chi connectivity index (χ1n) is 8.75. The van der Waals surface area contributed by atoms with Crippen LogP contribution in [-0.2, 0) is 9.53 Å². The van der Waals surface area contributed by atoms with E-state index in [1.807, 2.05) is 38.1 Å². The molecular formula is C21H21NO4. The molecule has 0 heterocycles. The Kier molecular flexibility index (Phi) is 3.75. The van der Waals surface area contributed by atoms with Crippen molar-refractivity contribution in [3.63, 3.8) is 0 Å². The van der Waals surface area contributed by atoms with E-state index in [1.165, 1.54) is 11.1 Å². The van der Waals surface area contributed by atoms with Crippen molar-refractivity contribution in [3.8, 4) is 11.1 Å². The van der Waals surface area contributed by atoms with Gasteiger partial charge in [0.25, 0.3) is 0 Å². The summed E-state index contributed by atoms with van der Waals surface area (Å²) >= 11 is 0. The zero-order valence-corrected chi connectivity index (χ0v) is 14.7. The van der Waals surface area contributed by atoms with Crippen LogP contribution in [0.25, 0.3) is 11.1 Å². The fraction of sp³-hybridized carbons (Fsp3) is 0.333. The summed E-state index contributed by atoms with van der Waals surface area (Å²) in [6.07, 6.45) is -0.561. The predicted molar refractivity (Wildman–Crippen MR) is 96.9 cm³/mol. The Morgan fingerprint density at radius 1 is 1.04 bits per heavy atom. The van der Waals surface area contributed by atoms with Crippen LogP contribution in [0.3, 0.4) is 0 Å². The molecule has 5 nitrogen and oxygen atoms in total. The molecule has 26 heavy (non-hydrogen) atoms. The number of benzene rings is 2. The Balaban J connectivity index is 1.46. The van der Waals surface area contributed by atoms with Gasteiger partial charge in [-0.3, -0.25) is 4.79 Å². The van der Waals surface area contributed by atoms with Crippen LogP contribution in [0.4, 0.5) is 4.79 Å². The molecule has 1 amide bonds. The SMILES string of the molecule is CC1(C)[C@H](C(=O)O)[C@@H]1NC(=O)OCC1c2ccccc2-c2ccccc21. The van der Waals surface area contributed by atoms with Crippen LogP contribution in [-0.4, -0.2) is 29.8 Å². The number of hydrogen-bond donors (Lipinski definition) is 2. The number of fused-ring (bicyclic) bond motifs is 3. The molecule has 0 aromatic heterocycles. The summed E-state index contributed by atoms with van der Waals surface area (Å²) in [4.78, 5) is 23.4. The summed E-state index contributed by atoms with van der Waals surface area (Å²) < 4.78 is 5.47. The van der Waals surface area contributed by atoms with Crippen LogP contribution in [0, 0.1) is 11.3 Å². The topological polar surface area (TPSA) is 75.6 Å². The van der Waals surface area contributed by atoms with Crippen LogP contribution >= 0.6 is 0 Å². The first-order chi connectivity index (χ1) is 12.4. The van der Waals surface area contributed by atoms with E-state index in [-0.39, 0.29) is 12.5 Å². The number of carboxylic acids is 1. The van der Waals surface area contributed by atoms with Gasteiger partial charge in [0.05, 0.1) is 12.0 Å². The van der Waals surface area contributed by atoms with Gasteiger partial charge < -0.3 is 15.2 Å². The van der Waals surface area contributed by atoms with E-state index < -0.39 is 29.4 Å². The second-order valence-corrected chi connectivity index (χ2v) is 7.58. The largest absolute Gasteiger partial charge is 0.481 e. The molecule has 2 atom stereocenters. The number of hydrogen-bond acceptors (Lipinski definition) is 3. The minimum absolute atomic E-state index is 0.00404. The van der Waals surface area contributed by atoms with Crippen molar-refractivity contribution >= 4 is 12.1 Å². The molecule has 0 saturated heterocycles. The van der Waals surface area contributed by atoms with Crippen molar-refractivity contribution < 1.29 is 19.4 Å². The molecular weight excluding hydrogens is 330 g/mol. The van der Waals surface area contributed by atoms with Gasteiger partial charge in [-0.2, -0.15) is 0 Å². The van der Waals surface area contributed by atoms with Crippen LogP contribution in [0.2, 0.25) is 0 Å². The number of nitrogens with one attached hydrogen (secondary N) is 1. The van der Waals surface area contributed by atoms with E-state index in [9.17, 15) is 14.7 Å². The van der Waals surface area contributed by atoms with E-state index >= 15 is 0 Å². The second kappa shape index (κ2) is 5.87. The number of rotatable bonds is 4. The van der Waals surface area contributed by atoms with Crippen LogP contribution < -0.4 is 5.32 Å². The summed E-state index contributed by atoms with van der Waals surface area (Å²) in [5.74, 6) is -1.46. The maximum atomic E-state index is 12.2. The molecule has 2 aliphatic carbocycles. The zero-order valence-electron chi connectivity index (χ0n) is 14.7. The number of aliphatic carboxylic acids is 1. The summed E-state index contributed by atoms with van der Waals surface area (Å²) in [5.41, 5.74) is 4.20. The van der Waals surface area contributed by atoms with Crippen molar-refractivity contribution in [2.45, 2.75) is 25.8 Å². The van der Waals surface area contributed by atoms with Gasteiger partial charge in [-0.05, 0) is 22.3 Å². The Morgan fingerprint density at radius 3 is 2.08 bits per heavy atom. The van der Waals surface area contributed by atoms with Gasteiger partial charge in [-0.1, -0.05) is 62.4 Å². The zero-order chi connectivity index (χ0) is 18.5. The van der Waals surface area contributed by atoms with Gasteiger partial charge in [-0.25, -0.2) is 4.79 Å². The Morgan fingerprint density at radius 2 is 1.58 bits per heavy atom. The molecule has 4 rings (SSSR count). The fourth-order valence-corrected chi connectivity index (χ4v) is 4.14. The number of amides is 1.